The van der Waals surface area contributed by atoms with Gasteiger partial charge < -0.3 is 20.9 Å². The van der Waals surface area contributed by atoms with Gasteiger partial charge >= 0.3 is 0 Å². The minimum Gasteiger partial charge on any atom is -0.343 e. The van der Waals surface area contributed by atoms with Crippen LogP contribution in [0.2, 0.25) is 0 Å². The molecule has 0 radical (unpaired) electrons. The number of hydrogen-bond donors (Lipinski definition) is 3. The summed E-state index contributed by atoms with van der Waals surface area (Å²) in [4.78, 5) is 41.1. The maximum Gasteiger partial charge on any atom is 0.246 e. The third kappa shape index (κ3) is 6.03. The highest BCUT2D eigenvalue weighted by molar-refractivity contribution is 5.93. The topological polar surface area (TPSA) is 90.5 Å². The van der Waals surface area contributed by atoms with Crippen LogP contribution in [0.5, 0.6) is 0 Å². The number of likely N-dealkylation sites (N-methyl/N-ethyl adjacent to an activating group) is 1. The highest BCUT2D eigenvalue weighted by Crippen LogP contribution is 2.25. The van der Waals surface area contributed by atoms with Crippen LogP contribution < -0.4 is 16.0 Å². The quantitative estimate of drug-likeness (QED) is 0.532. The number of carbonyl (C=O) groups is 3. The minimum absolute atomic E-state index is 0.105. The lowest BCUT2D eigenvalue weighted by atomic mass is 9.98. The van der Waals surface area contributed by atoms with Crippen molar-refractivity contribution in [1.29, 1.82) is 0 Å². The van der Waals surface area contributed by atoms with Crippen molar-refractivity contribution in [2.24, 2.45) is 5.92 Å². The standard InChI is InChI=1S/C27H36N4O3/c1-18(2)23(29-25(32)19(3)28-4)27(34)31-17-11-16-22(31)26(33)30-24(20-12-7-5-8-13-20)21-14-9-6-10-15-21/h5-10,12-15,18-19,22-24,28H,11,16-17H2,1-4H3,(H,29,32)(H,30,33). The molecular weight excluding hydrogens is 428 g/mol. The van der Waals surface area contributed by atoms with Gasteiger partial charge in [0.1, 0.15) is 12.1 Å². The van der Waals surface area contributed by atoms with Crippen molar-refractivity contribution in [3.63, 3.8) is 0 Å². The smallest absolute Gasteiger partial charge is 0.246 e. The lowest BCUT2D eigenvalue weighted by molar-refractivity contribution is -0.142. The second-order valence-electron chi connectivity index (χ2n) is 9.19. The van der Waals surface area contributed by atoms with Crippen molar-refractivity contribution >= 4 is 17.7 Å². The zero-order valence-electron chi connectivity index (χ0n) is 20.5. The van der Waals surface area contributed by atoms with E-state index in [1.165, 1.54) is 0 Å². The number of rotatable bonds is 9. The Kier molecular flexibility index (Phi) is 8.82. The van der Waals surface area contributed by atoms with Crippen LogP contribution in [0, 0.1) is 5.92 Å². The molecular formula is C27H36N4O3. The fourth-order valence-corrected chi connectivity index (χ4v) is 4.29. The molecule has 3 unspecified atom stereocenters. The Morgan fingerprint density at radius 3 is 1.94 bits per heavy atom. The molecule has 3 N–H and O–H groups in total. The number of nitrogens with one attached hydrogen (secondary N) is 3. The summed E-state index contributed by atoms with van der Waals surface area (Å²) in [5.74, 6) is -0.726. The van der Waals surface area contributed by atoms with Crippen LogP contribution in [-0.4, -0.2) is 54.3 Å². The summed E-state index contributed by atoms with van der Waals surface area (Å²) < 4.78 is 0. The van der Waals surface area contributed by atoms with Gasteiger partial charge in [0.25, 0.3) is 0 Å². The van der Waals surface area contributed by atoms with E-state index in [2.05, 4.69) is 16.0 Å². The van der Waals surface area contributed by atoms with Crippen molar-refractivity contribution < 1.29 is 14.4 Å². The molecule has 1 aliphatic rings. The molecule has 1 heterocycles. The third-order valence-corrected chi connectivity index (χ3v) is 6.45. The minimum atomic E-state index is -0.684. The van der Waals surface area contributed by atoms with Crippen LogP contribution >= 0.6 is 0 Å². The summed E-state index contributed by atoms with van der Waals surface area (Å²) in [6, 6.07) is 17.7. The molecule has 182 valence electrons. The molecule has 1 saturated heterocycles. The summed E-state index contributed by atoms with van der Waals surface area (Å²) in [5.41, 5.74) is 1.96. The molecule has 3 amide bonds. The van der Waals surface area contributed by atoms with Gasteiger partial charge in [-0.15, -0.1) is 0 Å². The van der Waals surface area contributed by atoms with Crippen LogP contribution in [-0.2, 0) is 14.4 Å². The Balaban J connectivity index is 1.79. The van der Waals surface area contributed by atoms with Gasteiger partial charge in [-0.1, -0.05) is 74.5 Å². The van der Waals surface area contributed by atoms with Crippen molar-refractivity contribution in [1.82, 2.24) is 20.9 Å². The average Bonchev–Trinajstić information content (AvgIpc) is 3.35. The molecule has 0 aromatic heterocycles. The highest BCUT2D eigenvalue weighted by atomic mass is 16.2. The molecule has 0 bridgehead atoms. The van der Waals surface area contributed by atoms with E-state index in [1.807, 2.05) is 74.5 Å². The predicted molar refractivity (Wildman–Crippen MR) is 133 cm³/mol. The van der Waals surface area contributed by atoms with Gasteiger partial charge in [0, 0.05) is 6.54 Å². The maximum absolute atomic E-state index is 13.5. The van der Waals surface area contributed by atoms with Crippen LogP contribution in [0.15, 0.2) is 60.7 Å². The maximum atomic E-state index is 13.5. The summed E-state index contributed by atoms with van der Waals surface area (Å²) in [7, 11) is 1.70. The van der Waals surface area contributed by atoms with Gasteiger partial charge in [0.05, 0.1) is 12.1 Å². The van der Waals surface area contributed by atoms with E-state index in [0.717, 1.165) is 17.5 Å². The van der Waals surface area contributed by atoms with Crippen molar-refractivity contribution in [2.45, 2.75) is 57.8 Å². The summed E-state index contributed by atoms with van der Waals surface area (Å²) >= 11 is 0. The molecule has 7 nitrogen and oxygen atoms in total. The molecule has 7 heteroatoms. The molecule has 1 fully saturated rings. The molecule has 3 atom stereocenters. The van der Waals surface area contributed by atoms with Crippen molar-refractivity contribution in [3.05, 3.63) is 71.8 Å². The first kappa shape index (κ1) is 25.4. The highest BCUT2D eigenvalue weighted by Gasteiger charge is 2.39. The summed E-state index contributed by atoms with van der Waals surface area (Å²) in [5, 5.41) is 8.95. The van der Waals surface area contributed by atoms with Crippen molar-refractivity contribution in [2.75, 3.05) is 13.6 Å². The van der Waals surface area contributed by atoms with Crippen LogP contribution in [0.25, 0.3) is 0 Å². The van der Waals surface area contributed by atoms with Gasteiger partial charge in [-0.2, -0.15) is 0 Å². The SMILES string of the molecule is CNC(C)C(=O)NC(C(=O)N1CCCC1C(=O)NC(c1ccccc1)c1ccccc1)C(C)C. The summed E-state index contributed by atoms with van der Waals surface area (Å²) in [6.07, 6.45) is 1.34. The lowest BCUT2D eigenvalue weighted by Gasteiger charge is -2.32. The first-order chi connectivity index (χ1) is 16.3. The van der Waals surface area contributed by atoms with Crippen LogP contribution in [0.1, 0.15) is 50.8 Å². The number of benzene rings is 2. The Morgan fingerprint density at radius 2 is 1.44 bits per heavy atom. The van der Waals surface area contributed by atoms with E-state index in [0.29, 0.717) is 13.0 Å². The number of nitrogens with zero attached hydrogens (tertiary/aromatic N) is 1. The molecule has 0 aliphatic carbocycles. The molecule has 0 saturated carbocycles. The van der Waals surface area contributed by atoms with E-state index in [9.17, 15) is 14.4 Å². The Labute approximate surface area is 202 Å². The Morgan fingerprint density at radius 1 is 0.882 bits per heavy atom. The largest absolute Gasteiger partial charge is 0.343 e. The monoisotopic (exact) mass is 464 g/mol. The number of amides is 3. The molecule has 2 aromatic rings. The number of likely N-dealkylation sites (tertiary alicyclic amines) is 1. The van der Waals surface area contributed by atoms with E-state index >= 15 is 0 Å². The van der Waals surface area contributed by atoms with E-state index in [1.54, 1.807) is 18.9 Å². The van der Waals surface area contributed by atoms with Gasteiger partial charge in [-0.3, -0.25) is 14.4 Å². The lowest BCUT2D eigenvalue weighted by Crippen LogP contribution is -2.57. The zero-order chi connectivity index (χ0) is 24.7. The third-order valence-electron chi connectivity index (χ3n) is 6.45. The van der Waals surface area contributed by atoms with E-state index < -0.39 is 18.1 Å². The van der Waals surface area contributed by atoms with Crippen LogP contribution in [0.3, 0.4) is 0 Å². The fraction of sp³-hybridized carbons (Fsp3) is 0.444. The molecule has 3 rings (SSSR count). The van der Waals surface area contributed by atoms with Gasteiger partial charge in [-0.05, 0) is 43.9 Å². The van der Waals surface area contributed by atoms with Crippen LogP contribution in [0.4, 0.5) is 0 Å². The first-order valence-electron chi connectivity index (χ1n) is 12.0. The molecule has 2 aromatic carbocycles. The van der Waals surface area contributed by atoms with Gasteiger partial charge in [-0.25, -0.2) is 0 Å². The van der Waals surface area contributed by atoms with E-state index in [-0.39, 0.29) is 29.7 Å². The van der Waals surface area contributed by atoms with Gasteiger partial charge in [0.2, 0.25) is 17.7 Å². The zero-order valence-corrected chi connectivity index (χ0v) is 20.5. The van der Waals surface area contributed by atoms with Gasteiger partial charge in [0.15, 0.2) is 0 Å². The summed E-state index contributed by atoms with van der Waals surface area (Å²) in [6.45, 7) is 6.05. The first-order valence-corrected chi connectivity index (χ1v) is 12.0. The second-order valence-corrected chi connectivity index (χ2v) is 9.19. The average molecular weight is 465 g/mol. The van der Waals surface area contributed by atoms with Crippen molar-refractivity contribution in [3.8, 4) is 0 Å². The molecule has 1 aliphatic heterocycles. The second kappa shape index (κ2) is 11.8. The number of carbonyl (C=O) groups excluding carboxylic acids is 3. The Bertz CT molecular complexity index is 925. The normalized spacial score (nSPS) is 17.5. The van der Waals surface area contributed by atoms with E-state index in [4.69, 9.17) is 0 Å². The Hall–Kier alpha value is -3.19. The predicted octanol–water partition coefficient (Wildman–Crippen LogP) is 2.63. The molecule has 0 spiro atoms. The molecule has 34 heavy (non-hydrogen) atoms. The number of hydrogen-bond acceptors (Lipinski definition) is 4. The fourth-order valence-electron chi connectivity index (χ4n) is 4.29.